The summed E-state index contributed by atoms with van der Waals surface area (Å²) in [6, 6.07) is 24.0. The smallest absolute Gasteiger partial charge is 0.308 e. The molecule has 0 aliphatic heterocycles. The van der Waals surface area contributed by atoms with Gasteiger partial charge in [0.15, 0.2) is 0 Å². The lowest BCUT2D eigenvalue weighted by Gasteiger charge is -2.45. The maximum atomic E-state index is 10.9. The third kappa shape index (κ3) is 62.8. The summed E-state index contributed by atoms with van der Waals surface area (Å²) < 4.78 is 4.60. The summed E-state index contributed by atoms with van der Waals surface area (Å²) in [5.41, 5.74) is 12.3. The molecule has 0 spiro atoms. The van der Waals surface area contributed by atoms with Crippen LogP contribution in [0.2, 0.25) is 0 Å². The highest BCUT2D eigenvalue weighted by atomic mass is 16.5. The van der Waals surface area contributed by atoms with Crippen LogP contribution in [0.4, 0.5) is 0 Å². The first-order chi connectivity index (χ1) is 56.4. The Labute approximate surface area is 752 Å². The highest BCUT2D eigenvalue weighted by molar-refractivity contribution is 5.71. The molecule has 0 aromatic heterocycles. The SMILES string of the molecule is CC1CCC(CC2CCC(C)CC2)CC1.CCC.CCC1(C)CC(C)CC(C)(C)C1.CCC1CC2CCC1C2.CCC1CCCC(CC)C1.CCCC(C)(C)CC(C)CC.CCCC(C)CC(C)(C)CC.CCCCCC(C)C(=O)OC.CCCCCCCC.CCc1ccc(CC)cc1.CCc1cccc(CC)c1.Cc1cccc(C)c1C. The topological polar surface area (TPSA) is 26.3 Å². The molecular formula is C117H220O2. The van der Waals surface area contributed by atoms with Crippen molar-refractivity contribution in [2.24, 2.45) is 98.6 Å². The van der Waals surface area contributed by atoms with Gasteiger partial charge < -0.3 is 4.74 Å². The highest BCUT2D eigenvalue weighted by Gasteiger charge is 2.39. The fraction of sp³-hybridized carbons (Fsp3) is 0.838. The summed E-state index contributed by atoms with van der Waals surface area (Å²) in [5, 5.41) is 0. The summed E-state index contributed by atoms with van der Waals surface area (Å²) in [4.78, 5) is 10.9. The van der Waals surface area contributed by atoms with Gasteiger partial charge in [-0.1, -0.05) is 473 Å². The zero-order valence-corrected chi connectivity index (χ0v) is 87.9. The molecule has 10 unspecified atom stereocenters. The van der Waals surface area contributed by atoms with Crippen LogP contribution in [-0.2, 0) is 35.2 Å². The lowest BCUT2D eigenvalue weighted by molar-refractivity contribution is -0.145. The van der Waals surface area contributed by atoms with Crippen molar-refractivity contribution in [2.75, 3.05) is 7.11 Å². The van der Waals surface area contributed by atoms with E-state index in [1.165, 1.54) is 277 Å². The standard InChI is InChI=1S/C15H28.C12H24.2C11H24.C10H14.C10H20.C10H14.C9H18O2.C9H16.C9H12.C8H18.C3H8/c1-12-3-7-14(8-4-12)11-15-9-5-13(2)6-10-15;1-6-12(5)8-10(2)7-11(3,4)9-12;1-6-8-10(3)9-11(4,5)7-2;1-6-8-11(4,5)9-10(3)7-2;1-3-9-5-7-10(4-2)8-6-9;2*1-3-9-6-5-7-10(4-2)8-9;1-4-5-6-7-8(2)9(10)11-3;1-2-8-5-7-3-4-9(8)6-7;1-7-5-4-6-8(2)9(7)3;1-3-5-7-8-6-4-2;1-3-2/h12-15H,3-11H2,1-2H3;10H,6-9H2,1-5H3;2*10H,6-9H2,1-5H3;5-8H,3-4H2,1-2H3;9-10H,3-8H2,1-2H3;5-8H,3-4H2,1-2H3;8H,4-7H2,1-3H3;7-9H,2-6H2,1H3;4-6H,1-3H3;3-8H2,1-2H3;3H2,1-2H3. The number of methoxy groups -OCH3 is 1. The predicted octanol–water partition coefficient (Wildman–Crippen LogP) is 39.6. The molecule has 2 bridgehead atoms. The second-order valence-corrected chi connectivity index (χ2v) is 42.9. The molecule has 6 fully saturated rings. The zero-order valence-electron chi connectivity index (χ0n) is 87.9. The number of rotatable bonds is 30. The maximum absolute atomic E-state index is 10.9. The molecule has 0 heterocycles. The molecule has 0 N–H and O–H groups in total. The van der Waals surface area contributed by atoms with Crippen molar-refractivity contribution in [1.29, 1.82) is 0 Å². The van der Waals surface area contributed by atoms with Crippen LogP contribution < -0.4 is 0 Å². The highest BCUT2D eigenvalue weighted by Crippen LogP contribution is 2.51. The minimum atomic E-state index is -0.0823. The van der Waals surface area contributed by atoms with E-state index in [1.807, 2.05) is 6.92 Å². The van der Waals surface area contributed by atoms with Crippen LogP contribution >= 0.6 is 0 Å². The first-order valence-electron chi connectivity index (χ1n) is 52.7. The molecule has 0 radical (unpaired) electrons. The average Bonchev–Trinajstić information content (AvgIpc) is 1.77. The number of unbranched alkanes of at least 4 members (excludes halogenated alkanes) is 7. The minimum absolute atomic E-state index is 0.0755. The van der Waals surface area contributed by atoms with Crippen molar-refractivity contribution in [3.63, 3.8) is 0 Å². The molecule has 700 valence electrons. The van der Waals surface area contributed by atoms with Gasteiger partial charge in [-0.2, -0.15) is 0 Å². The molecule has 2 heteroatoms. The Morgan fingerprint density at radius 3 is 1.26 bits per heavy atom. The molecule has 0 amide bonds. The zero-order chi connectivity index (χ0) is 90.8. The van der Waals surface area contributed by atoms with E-state index in [0.717, 1.165) is 110 Å². The maximum Gasteiger partial charge on any atom is 0.308 e. The Balaban J connectivity index is -0.00000124. The Morgan fingerprint density at radius 2 is 0.916 bits per heavy atom. The monoisotopic (exact) mass is 1660 g/mol. The summed E-state index contributed by atoms with van der Waals surface area (Å²) in [7, 11) is 1.44. The van der Waals surface area contributed by atoms with Crippen LogP contribution in [0, 0.1) is 119 Å². The number of aryl methyl sites for hydroxylation is 6. The van der Waals surface area contributed by atoms with Gasteiger partial charge in [-0.05, 0) is 255 Å². The minimum Gasteiger partial charge on any atom is -0.469 e. The average molecular weight is 1660 g/mol. The van der Waals surface area contributed by atoms with Crippen molar-refractivity contribution in [1.82, 2.24) is 0 Å². The summed E-state index contributed by atoms with van der Waals surface area (Å²) in [5.74, 6) is 12.5. The molecular weight excluding hydrogens is 1440 g/mol. The first kappa shape index (κ1) is 120. The number of esters is 1. The number of fused-ring (bicyclic) bond motifs is 2. The summed E-state index contributed by atoms with van der Waals surface area (Å²) in [6.45, 7) is 75.4. The first-order valence-corrected chi connectivity index (χ1v) is 52.7. The molecule has 6 aliphatic carbocycles. The second-order valence-electron chi connectivity index (χ2n) is 42.9. The number of carbonyl (C=O) groups excluding carboxylic acids is 1. The van der Waals surface area contributed by atoms with Gasteiger partial charge in [0.25, 0.3) is 0 Å². The van der Waals surface area contributed by atoms with Gasteiger partial charge >= 0.3 is 5.97 Å². The molecule has 3 aromatic rings. The van der Waals surface area contributed by atoms with E-state index in [4.69, 9.17) is 0 Å². The Morgan fingerprint density at radius 1 is 0.462 bits per heavy atom. The quantitative estimate of drug-likeness (QED) is 0.0491. The third-order valence-electron chi connectivity index (χ3n) is 28.9. The molecule has 3 aromatic carbocycles. The van der Waals surface area contributed by atoms with E-state index < -0.39 is 0 Å². The molecule has 119 heavy (non-hydrogen) atoms. The molecule has 2 nitrogen and oxygen atoms in total. The Kier molecular flexibility index (Phi) is 74.0. The van der Waals surface area contributed by atoms with Gasteiger partial charge in [-0.3, -0.25) is 4.79 Å². The number of hydrogen-bond acceptors (Lipinski definition) is 2. The van der Waals surface area contributed by atoms with Gasteiger partial charge in [0.05, 0.1) is 13.0 Å². The van der Waals surface area contributed by atoms with Crippen molar-refractivity contribution < 1.29 is 9.53 Å². The van der Waals surface area contributed by atoms with Crippen LogP contribution in [0.5, 0.6) is 0 Å². The molecule has 10 atom stereocenters. The van der Waals surface area contributed by atoms with Crippen LogP contribution in [0.1, 0.15) is 523 Å². The lowest BCUT2D eigenvalue weighted by Crippen LogP contribution is -2.34. The fourth-order valence-corrected chi connectivity index (χ4v) is 20.4. The number of benzene rings is 3. The van der Waals surface area contributed by atoms with Gasteiger partial charge in [0.2, 0.25) is 0 Å². The van der Waals surface area contributed by atoms with Crippen LogP contribution in [-0.4, -0.2) is 13.1 Å². The van der Waals surface area contributed by atoms with E-state index in [0.29, 0.717) is 21.7 Å². The van der Waals surface area contributed by atoms with E-state index in [1.54, 1.807) is 32.1 Å². The third-order valence-corrected chi connectivity index (χ3v) is 28.9. The van der Waals surface area contributed by atoms with Crippen LogP contribution in [0.25, 0.3) is 0 Å². The van der Waals surface area contributed by atoms with Crippen LogP contribution in [0.15, 0.2) is 66.7 Å². The molecule has 6 aliphatic rings. The normalized spacial score (nSPS) is 23.2. The predicted molar refractivity (Wildman–Crippen MR) is 544 cm³/mol. The molecule has 6 saturated carbocycles. The molecule has 9 rings (SSSR count). The fourth-order valence-electron chi connectivity index (χ4n) is 20.4. The number of carbonyl (C=O) groups is 1. The van der Waals surface area contributed by atoms with Crippen molar-refractivity contribution in [3.05, 3.63) is 106 Å². The van der Waals surface area contributed by atoms with E-state index >= 15 is 0 Å². The summed E-state index contributed by atoms with van der Waals surface area (Å²) in [6.07, 6.45) is 65.6. The lowest BCUT2D eigenvalue weighted by atomic mass is 9.60. The van der Waals surface area contributed by atoms with Gasteiger partial charge in [0, 0.05) is 0 Å². The Bertz CT molecular complexity index is 2610. The number of hydrogen-bond donors (Lipinski definition) is 0. The van der Waals surface area contributed by atoms with Gasteiger partial charge in [0.1, 0.15) is 0 Å². The van der Waals surface area contributed by atoms with Gasteiger partial charge in [-0.15, -0.1) is 0 Å². The molecule has 0 saturated heterocycles. The number of ether oxygens (including phenoxy) is 1. The van der Waals surface area contributed by atoms with E-state index in [-0.39, 0.29) is 11.9 Å². The largest absolute Gasteiger partial charge is 0.469 e. The van der Waals surface area contributed by atoms with E-state index in [9.17, 15) is 4.79 Å². The van der Waals surface area contributed by atoms with Gasteiger partial charge in [-0.25, -0.2) is 0 Å². The van der Waals surface area contributed by atoms with E-state index in [2.05, 4.69) is 293 Å². The summed E-state index contributed by atoms with van der Waals surface area (Å²) >= 11 is 0. The van der Waals surface area contributed by atoms with Crippen molar-refractivity contribution in [2.45, 2.75) is 530 Å². The second kappa shape index (κ2) is 73.2. The van der Waals surface area contributed by atoms with Crippen LogP contribution in [0.3, 0.4) is 0 Å². The van der Waals surface area contributed by atoms with Crippen molar-refractivity contribution in [3.8, 4) is 0 Å². The Hall–Kier alpha value is -2.87. The van der Waals surface area contributed by atoms with Crippen molar-refractivity contribution >= 4 is 5.97 Å².